The van der Waals surface area contributed by atoms with Crippen molar-refractivity contribution in [3.05, 3.63) is 41.4 Å². The van der Waals surface area contributed by atoms with Crippen LogP contribution in [0.15, 0.2) is 30.9 Å². The fourth-order valence-electron chi connectivity index (χ4n) is 1.24. The molecule has 0 saturated carbocycles. The number of carboxylic acids is 1. The molecule has 1 aromatic rings. The van der Waals surface area contributed by atoms with E-state index in [2.05, 4.69) is 6.58 Å². The summed E-state index contributed by atoms with van der Waals surface area (Å²) in [4.78, 5) is 10.5. The lowest BCUT2D eigenvalue weighted by molar-refractivity contribution is -0.136. The van der Waals surface area contributed by atoms with Crippen molar-refractivity contribution in [2.45, 2.75) is 11.9 Å². The fraction of sp³-hybridized carbons (Fsp3) is 0.250. The molecule has 0 aromatic heterocycles. The second kappa shape index (κ2) is 6.57. The Balaban J connectivity index is 2.82. The molecular weight excluding hydrogens is 260 g/mol. The van der Waals surface area contributed by atoms with Crippen molar-refractivity contribution in [3.8, 4) is 5.75 Å². The summed E-state index contributed by atoms with van der Waals surface area (Å²) in [6.07, 6.45) is 3.53. The van der Waals surface area contributed by atoms with E-state index in [-0.39, 0.29) is 11.9 Å². The Morgan fingerprint density at radius 1 is 1.71 bits per heavy atom. The third-order valence-electron chi connectivity index (χ3n) is 2.02. The normalized spacial score (nSPS) is 11.9. The zero-order valence-corrected chi connectivity index (χ0v) is 10.9. The van der Waals surface area contributed by atoms with Gasteiger partial charge in [-0.15, -0.1) is 11.8 Å². The van der Waals surface area contributed by atoms with Crippen LogP contribution in [0.5, 0.6) is 5.75 Å². The smallest absolute Gasteiger partial charge is 0.307 e. The molecule has 0 spiro atoms. The highest BCUT2D eigenvalue weighted by molar-refractivity contribution is 7.99. The molecule has 3 nitrogen and oxygen atoms in total. The Kier molecular flexibility index (Phi) is 5.38. The van der Waals surface area contributed by atoms with E-state index in [4.69, 9.17) is 21.4 Å². The van der Waals surface area contributed by atoms with Crippen LogP contribution in [0.2, 0.25) is 5.02 Å². The molecule has 92 valence electrons. The van der Waals surface area contributed by atoms with Crippen LogP contribution in [-0.2, 0) is 11.2 Å². The van der Waals surface area contributed by atoms with Gasteiger partial charge in [0, 0.05) is 0 Å². The lowest BCUT2D eigenvalue weighted by atomic mass is 10.1. The zero-order chi connectivity index (χ0) is 12.8. The van der Waals surface area contributed by atoms with Gasteiger partial charge in [-0.1, -0.05) is 24.2 Å². The molecule has 5 heteroatoms. The van der Waals surface area contributed by atoms with E-state index in [0.29, 0.717) is 16.3 Å². The van der Waals surface area contributed by atoms with Crippen molar-refractivity contribution in [3.63, 3.8) is 0 Å². The van der Waals surface area contributed by atoms with Crippen molar-refractivity contribution in [1.82, 2.24) is 0 Å². The molecule has 0 aliphatic heterocycles. The van der Waals surface area contributed by atoms with Crippen LogP contribution in [0.3, 0.4) is 0 Å². The van der Waals surface area contributed by atoms with E-state index < -0.39 is 5.97 Å². The number of benzene rings is 1. The van der Waals surface area contributed by atoms with Gasteiger partial charge in [0.05, 0.1) is 11.4 Å². The number of carboxylic acid groups (broad SMARTS) is 1. The van der Waals surface area contributed by atoms with Crippen molar-refractivity contribution in [2.75, 3.05) is 6.26 Å². The number of hydrogen-bond donors (Lipinski definition) is 1. The molecule has 17 heavy (non-hydrogen) atoms. The summed E-state index contributed by atoms with van der Waals surface area (Å²) in [5.41, 5.74) is 0.479. The Hall–Kier alpha value is -1.13. The molecule has 0 aliphatic carbocycles. The van der Waals surface area contributed by atoms with Crippen LogP contribution in [0.25, 0.3) is 0 Å². The molecule has 0 bridgehead atoms. The van der Waals surface area contributed by atoms with E-state index >= 15 is 0 Å². The molecule has 0 aliphatic rings. The standard InChI is InChI=1S/C12H13ClO3S/c1-3-12(17-2)16-10-5-4-8(6-9(10)13)7-11(14)15/h3-6,12H,1,7H2,2H3,(H,14,15). The summed E-state index contributed by atoms with van der Waals surface area (Å²) in [5.74, 6) is -0.358. The second-order valence-electron chi connectivity index (χ2n) is 3.29. The summed E-state index contributed by atoms with van der Waals surface area (Å²) >= 11 is 7.50. The van der Waals surface area contributed by atoms with Gasteiger partial charge in [-0.25, -0.2) is 0 Å². The van der Waals surface area contributed by atoms with Crippen molar-refractivity contribution in [1.29, 1.82) is 0 Å². The number of carbonyl (C=O) groups is 1. The molecule has 1 aromatic carbocycles. The largest absolute Gasteiger partial charge is 0.481 e. The van der Waals surface area contributed by atoms with Crippen molar-refractivity contribution < 1.29 is 14.6 Å². The number of ether oxygens (including phenoxy) is 1. The zero-order valence-electron chi connectivity index (χ0n) is 9.35. The number of rotatable bonds is 6. The molecule has 1 N–H and O–H groups in total. The predicted octanol–water partition coefficient (Wildman–Crippen LogP) is 3.22. The average Bonchev–Trinajstić information content (AvgIpc) is 2.27. The molecule has 0 radical (unpaired) electrons. The van der Waals surface area contributed by atoms with Crippen LogP contribution in [-0.4, -0.2) is 22.8 Å². The first-order valence-corrected chi connectivity index (χ1v) is 6.55. The quantitative estimate of drug-likeness (QED) is 0.638. The monoisotopic (exact) mass is 272 g/mol. The summed E-state index contributed by atoms with van der Waals surface area (Å²) in [6.45, 7) is 3.65. The molecule has 1 atom stereocenters. The summed E-state index contributed by atoms with van der Waals surface area (Å²) < 4.78 is 5.57. The number of halogens is 1. The third-order valence-corrected chi connectivity index (χ3v) is 3.07. The lowest BCUT2D eigenvalue weighted by Crippen LogP contribution is -2.08. The predicted molar refractivity (Wildman–Crippen MR) is 70.9 cm³/mol. The van der Waals surface area contributed by atoms with Crippen LogP contribution in [0.1, 0.15) is 5.56 Å². The number of aliphatic carboxylic acids is 1. The Morgan fingerprint density at radius 2 is 2.41 bits per heavy atom. The van der Waals surface area contributed by atoms with Gasteiger partial charge in [0.25, 0.3) is 0 Å². The van der Waals surface area contributed by atoms with Crippen LogP contribution < -0.4 is 4.74 Å². The minimum absolute atomic E-state index is 0.0482. The van der Waals surface area contributed by atoms with Crippen LogP contribution in [0.4, 0.5) is 0 Å². The fourth-order valence-corrected chi connectivity index (χ4v) is 1.88. The summed E-state index contributed by atoms with van der Waals surface area (Å²) in [6, 6.07) is 4.97. The summed E-state index contributed by atoms with van der Waals surface area (Å²) in [7, 11) is 0. The average molecular weight is 273 g/mol. The van der Waals surface area contributed by atoms with Gasteiger partial charge >= 0.3 is 5.97 Å². The maximum atomic E-state index is 10.5. The van der Waals surface area contributed by atoms with Gasteiger partial charge in [0.1, 0.15) is 5.75 Å². The van der Waals surface area contributed by atoms with Gasteiger partial charge in [0.2, 0.25) is 0 Å². The Bertz CT molecular complexity index is 420. The SMILES string of the molecule is C=CC(Oc1ccc(CC(=O)O)cc1Cl)SC. The van der Waals surface area contributed by atoms with Gasteiger partial charge in [0.15, 0.2) is 5.44 Å². The second-order valence-corrected chi connectivity index (χ2v) is 4.64. The van der Waals surface area contributed by atoms with Crippen molar-refractivity contribution in [2.24, 2.45) is 0 Å². The molecule has 0 saturated heterocycles. The van der Waals surface area contributed by atoms with E-state index in [1.165, 1.54) is 11.8 Å². The minimum atomic E-state index is -0.886. The number of hydrogen-bond acceptors (Lipinski definition) is 3. The molecule has 0 amide bonds. The van der Waals surface area contributed by atoms with Gasteiger partial charge in [-0.3, -0.25) is 4.79 Å². The third kappa shape index (κ3) is 4.32. The molecule has 0 fully saturated rings. The summed E-state index contributed by atoms with van der Waals surface area (Å²) in [5, 5.41) is 9.06. The highest BCUT2D eigenvalue weighted by atomic mass is 35.5. The molecular formula is C12H13ClO3S. The molecule has 0 heterocycles. The lowest BCUT2D eigenvalue weighted by Gasteiger charge is -2.14. The van der Waals surface area contributed by atoms with Crippen LogP contribution >= 0.6 is 23.4 Å². The van der Waals surface area contributed by atoms with Crippen molar-refractivity contribution >= 4 is 29.3 Å². The van der Waals surface area contributed by atoms with E-state index in [1.807, 2.05) is 6.26 Å². The van der Waals surface area contributed by atoms with E-state index in [1.54, 1.807) is 24.3 Å². The topological polar surface area (TPSA) is 46.5 Å². The van der Waals surface area contributed by atoms with Gasteiger partial charge in [-0.2, -0.15) is 0 Å². The van der Waals surface area contributed by atoms with Gasteiger partial charge < -0.3 is 9.84 Å². The first kappa shape index (κ1) is 13.9. The number of thioether (sulfide) groups is 1. The van der Waals surface area contributed by atoms with Gasteiger partial charge in [-0.05, 0) is 30.0 Å². The maximum absolute atomic E-state index is 10.5. The maximum Gasteiger partial charge on any atom is 0.307 e. The highest BCUT2D eigenvalue weighted by Crippen LogP contribution is 2.28. The Morgan fingerprint density at radius 3 is 2.88 bits per heavy atom. The Labute approximate surface area is 109 Å². The molecule has 1 unspecified atom stereocenters. The van der Waals surface area contributed by atoms with Crippen LogP contribution in [0, 0.1) is 0 Å². The first-order valence-electron chi connectivity index (χ1n) is 4.89. The molecule has 1 rings (SSSR count). The highest BCUT2D eigenvalue weighted by Gasteiger charge is 2.09. The van der Waals surface area contributed by atoms with E-state index in [0.717, 1.165) is 0 Å². The minimum Gasteiger partial charge on any atom is -0.481 e. The van der Waals surface area contributed by atoms with E-state index in [9.17, 15) is 4.79 Å². The first-order chi connectivity index (χ1) is 8.06.